The van der Waals surface area contributed by atoms with Gasteiger partial charge in [0.05, 0.1) is 19.6 Å². The van der Waals surface area contributed by atoms with E-state index in [4.69, 9.17) is 4.74 Å². The molecule has 1 aliphatic rings. The standard InChI is InChI=1S/C16H16N2O2/c1-20-14-6-4-12(5-7-14)11-18-15(9-16(18)19)13-3-2-8-17-10-13/h2-8,10,15H,9,11H2,1H3. The molecule has 0 radical (unpaired) electrons. The van der Waals surface area contributed by atoms with E-state index in [1.165, 1.54) is 0 Å². The maximum atomic E-state index is 11.8. The summed E-state index contributed by atoms with van der Waals surface area (Å²) >= 11 is 0. The average molecular weight is 268 g/mol. The highest BCUT2D eigenvalue weighted by atomic mass is 16.5. The summed E-state index contributed by atoms with van der Waals surface area (Å²) < 4.78 is 5.14. The number of carbonyl (C=O) groups is 1. The lowest BCUT2D eigenvalue weighted by atomic mass is 9.94. The van der Waals surface area contributed by atoms with E-state index in [1.54, 1.807) is 13.3 Å². The molecular weight excluding hydrogens is 252 g/mol. The van der Waals surface area contributed by atoms with Crippen LogP contribution >= 0.6 is 0 Å². The summed E-state index contributed by atoms with van der Waals surface area (Å²) in [5, 5.41) is 0. The molecule has 1 aromatic carbocycles. The lowest BCUT2D eigenvalue weighted by Crippen LogP contribution is -2.45. The van der Waals surface area contributed by atoms with Crippen molar-refractivity contribution in [2.24, 2.45) is 0 Å². The summed E-state index contributed by atoms with van der Waals surface area (Å²) in [5.41, 5.74) is 2.20. The number of carbonyl (C=O) groups excluding carboxylic acids is 1. The van der Waals surface area contributed by atoms with E-state index < -0.39 is 0 Å². The van der Waals surface area contributed by atoms with E-state index in [0.29, 0.717) is 13.0 Å². The predicted octanol–water partition coefficient (Wildman–Crippen LogP) is 2.56. The number of hydrogen-bond donors (Lipinski definition) is 0. The summed E-state index contributed by atoms with van der Waals surface area (Å²) in [4.78, 5) is 17.8. The third-order valence-corrected chi connectivity index (χ3v) is 3.65. The van der Waals surface area contributed by atoms with Gasteiger partial charge in [0, 0.05) is 18.9 Å². The van der Waals surface area contributed by atoms with Gasteiger partial charge in [-0.1, -0.05) is 18.2 Å². The van der Waals surface area contributed by atoms with Gasteiger partial charge in [0.15, 0.2) is 0 Å². The molecule has 102 valence electrons. The van der Waals surface area contributed by atoms with Crippen LogP contribution in [0, 0.1) is 0 Å². The van der Waals surface area contributed by atoms with Gasteiger partial charge < -0.3 is 9.64 Å². The maximum absolute atomic E-state index is 11.8. The molecule has 1 unspecified atom stereocenters. The molecule has 1 amide bonds. The van der Waals surface area contributed by atoms with E-state index in [0.717, 1.165) is 16.9 Å². The lowest BCUT2D eigenvalue weighted by Gasteiger charge is -2.40. The highest BCUT2D eigenvalue weighted by Crippen LogP contribution is 2.35. The Morgan fingerprint density at radius 1 is 1.30 bits per heavy atom. The van der Waals surface area contributed by atoms with Crippen LogP contribution in [0.3, 0.4) is 0 Å². The first-order valence-corrected chi connectivity index (χ1v) is 6.60. The van der Waals surface area contributed by atoms with Crippen molar-refractivity contribution < 1.29 is 9.53 Å². The number of likely N-dealkylation sites (tertiary alicyclic amines) is 1. The predicted molar refractivity (Wildman–Crippen MR) is 75.1 cm³/mol. The number of ether oxygens (including phenoxy) is 1. The molecule has 0 saturated carbocycles. The molecule has 1 aromatic heterocycles. The largest absolute Gasteiger partial charge is 0.497 e. The van der Waals surface area contributed by atoms with Gasteiger partial charge >= 0.3 is 0 Å². The van der Waals surface area contributed by atoms with Crippen molar-refractivity contribution in [3.05, 3.63) is 59.9 Å². The van der Waals surface area contributed by atoms with Gasteiger partial charge in [-0.2, -0.15) is 0 Å². The fourth-order valence-corrected chi connectivity index (χ4v) is 2.45. The molecule has 1 saturated heterocycles. The molecule has 4 heteroatoms. The molecule has 0 bridgehead atoms. The van der Waals surface area contributed by atoms with Crippen LogP contribution in [0.5, 0.6) is 5.75 Å². The summed E-state index contributed by atoms with van der Waals surface area (Å²) in [6.07, 6.45) is 4.15. The molecule has 1 atom stereocenters. The molecule has 4 nitrogen and oxygen atoms in total. The maximum Gasteiger partial charge on any atom is 0.225 e. The minimum Gasteiger partial charge on any atom is -0.497 e. The van der Waals surface area contributed by atoms with E-state index in [1.807, 2.05) is 47.5 Å². The Morgan fingerprint density at radius 2 is 2.10 bits per heavy atom. The number of amides is 1. The van der Waals surface area contributed by atoms with Crippen molar-refractivity contribution in [3.63, 3.8) is 0 Å². The minimum absolute atomic E-state index is 0.151. The number of nitrogens with zero attached hydrogens (tertiary/aromatic N) is 2. The fraction of sp³-hybridized carbons (Fsp3) is 0.250. The highest BCUT2D eigenvalue weighted by molar-refractivity contribution is 5.83. The highest BCUT2D eigenvalue weighted by Gasteiger charge is 2.36. The first kappa shape index (κ1) is 12.7. The summed E-state index contributed by atoms with van der Waals surface area (Å²) in [6, 6.07) is 11.9. The van der Waals surface area contributed by atoms with E-state index >= 15 is 0 Å². The Labute approximate surface area is 118 Å². The van der Waals surface area contributed by atoms with Crippen molar-refractivity contribution in [2.75, 3.05) is 7.11 Å². The first-order chi connectivity index (χ1) is 9.78. The summed E-state index contributed by atoms with van der Waals surface area (Å²) in [7, 11) is 1.65. The first-order valence-electron chi connectivity index (χ1n) is 6.60. The van der Waals surface area contributed by atoms with Crippen molar-refractivity contribution in [1.82, 2.24) is 9.88 Å². The number of methoxy groups -OCH3 is 1. The molecule has 3 rings (SSSR count). The molecule has 0 N–H and O–H groups in total. The zero-order valence-corrected chi connectivity index (χ0v) is 11.3. The van der Waals surface area contributed by atoms with Crippen LogP contribution < -0.4 is 4.74 Å². The van der Waals surface area contributed by atoms with Gasteiger partial charge in [-0.3, -0.25) is 9.78 Å². The van der Waals surface area contributed by atoms with Crippen LogP contribution in [0.1, 0.15) is 23.6 Å². The molecule has 1 aliphatic heterocycles. The summed E-state index contributed by atoms with van der Waals surface area (Å²) in [5.74, 6) is 1.02. The van der Waals surface area contributed by atoms with Crippen molar-refractivity contribution in [1.29, 1.82) is 0 Å². The van der Waals surface area contributed by atoms with Crippen molar-refractivity contribution >= 4 is 5.91 Å². The molecule has 20 heavy (non-hydrogen) atoms. The minimum atomic E-state index is 0.151. The number of rotatable bonds is 4. The van der Waals surface area contributed by atoms with Crippen LogP contribution in [-0.4, -0.2) is 22.9 Å². The Bertz CT molecular complexity index is 596. The second kappa shape index (κ2) is 5.33. The molecule has 0 spiro atoms. The molecule has 1 fully saturated rings. The fourth-order valence-electron chi connectivity index (χ4n) is 2.45. The van der Waals surface area contributed by atoms with Crippen LogP contribution in [0.25, 0.3) is 0 Å². The Hall–Kier alpha value is -2.36. The Balaban J connectivity index is 1.73. The summed E-state index contributed by atoms with van der Waals surface area (Å²) in [6.45, 7) is 0.627. The third kappa shape index (κ3) is 2.37. The topological polar surface area (TPSA) is 42.4 Å². The van der Waals surface area contributed by atoms with Crippen LogP contribution in [0.15, 0.2) is 48.8 Å². The van der Waals surface area contributed by atoms with Gasteiger partial charge in [-0.15, -0.1) is 0 Å². The monoisotopic (exact) mass is 268 g/mol. The van der Waals surface area contributed by atoms with Crippen LogP contribution in [0.2, 0.25) is 0 Å². The molecule has 0 aliphatic carbocycles. The SMILES string of the molecule is COc1ccc(CN2C(=O)CC2c2cccnc2)cc1. The molecule has 2 aromatic rings. The van der Waals surface area contributed by atoms with Gasteiger partial charge in [0.25, 0.3) is 0 Å². The number of aromatic nitrogens is 1. The second-order valence-electron chi connectivity index (χ2n) is 4.88. The Morgan fingerprint density at radius 3 is 2.70 bits per heavy atom. The second-order valence-corrected chi connectivity index (χ2v) is 4.88. The van der Waals surface area contributed by atoms with Crippen LogP contribution in [-0.2, 0) is 11.3 Å². The number of β-lactam (4-membered cyclic amide) rings is 1. The quantitative estimate of drug-likeness (QED) is 0.800. The van der Waals surface area contributed by atoms with E-state index in [2.05, 4.69) is 4.98 Å². The van der Waals surface area contributed by atoms with Crippen LogP contribution in [0.4, 0.5) is 0 Å². The van der Waals surface area contributed by atoms with Crippen molar-refractivity contribution in [3.8, 4) is 5.75 Å². The zero-order chi connectivity index (χ0) is 13.9. The zero-order valence-electron chi connectivity index (χ0n) is 11.3. The van der Waals surface area contributed by atoms with Gasteiger partial charge in [0.2, 0.25) is 5.91 Å². The van der Waals surface area contributed by atoms with Gasteiger partial charge in [0.1, 0.15) is 5.75 Å². The van der Waals surface area contributed by atoms with E-state index in [-0.39, 0.29) is 11.9 Å². The normalized spacial score (nSPS) is 17.8. The van der Waals surface area contributed by atoms with Gasteiger partial charge in [-0.05, 0) is 29.3 Å². The van der Waals surface area contributed by atoms with E-state index in [9.17, 15) is 4.79 Å². The van der Waals surface area contributed by atoms with Crippen molar-refractivity contribution in [2.45, 2.75) is 19.0 Å². The molecule has 2 heterocycles. The smallest absolute Gasteiger partial charge is 0.225 e. The third-order valence-electron chi connectivity index (χ3n) is 3.65. The molecular formula is C16H16N2O2. The number of pyridine rings is 1. The number of benzene rings is 1. The number of hydrogen-bond acceptors (Lipinski definition) is 3. The lowest BCUT2D eigenvalue weighted by molar-refractivity contribution is -0.147. The Kier molecular flexibility index (Phi) is 3.37. The average Bonchev–Trinajstić information content (AvgIpc) is 2.51. The van der Waals surface area contributed by atoms with Gasteiger partial charge in [-0.25, -0.2) is 0 Å².